The molecule has 26 heavy (non-hydrogen) atoms. The van der Waals surface area contributed by atoms with Crippen LogP contribution < -0.4 is 0 Å². The zero-order chi connectivity index (χ0) is 17.9. The quantitative estimate of drug-likeness (QED) is 0.683. The van der Waals surface area contributed by atoms with E-state index in [0.29, 0.717) is 17.4 Å². The molecular weight excluding hydrogens is 344 g/mol. The van der Waals surface area contributed by atoms with Crippen LogP contribution in [0.5, 0.6) is 0 Å². The van der Waals surface area contributed by atoms with Gasteiger partial charge in [-0.05, 0) is 48.6 Å². The van der Waals surface area contributed by atoms with Gasteiger partial charge in [-0.3, -0.25) is 0 Å². The Morgan fingerprint density at radius 2 is 1.73 bits per heavy atom. The van der Waals surface area contributed by atoms with E-state index in [-0.39, 0.29) is 6.61 Å². The molecule has 3 nitrogen and oxygen atoms in total. The van der Waals surface area contributed by atoms with Gasteiger partial charge in [-0.2, -0.15) is 0 Å². The topological polar surface area (TPSA) is 46.0 Å². The molecule has 1 fully saturated rings. The first-order valence-corrected chi connectivity index (χ1v) is 9.41. The van der Waals surface area contributed by atoms with E-state index >= 15 is 0 Å². The predicted molar refractivity (Wildman–Crippen MR) is 104 cm³/mol. The van der Waals surface area contributed by atoms with Gasteiger partial charge in [0.05, 0.1) is 0 Å². The van der Waals surface area contributed by atoms with Crippen LogP contribution in [0.25, 0.3) is 11.4 Å². The molecule has 0 bridgehead atoms. The van der Waals surface area contributed by atoms with Gasteiger partial charge in [0.15, 0.2) is 5.82 Å². The fraction of sp³-hybridized carbons (Fsp3) is 0.273. The molecule has 0 radical (unpaired) electrons. The van der Waals surface area contributed by atoms with Crippen LogP contribution in [0.3, 0.4) is 0 Å². The Morgan fingerprint density at radius 1 is 0.962 bits per heavy atom. The standard InChI is InChI=1S/C22H21ClN2O/c23-19-3-1-2-18(13-19)22-24-20(14-21(25-22)17-8-9-17)12-16-6-4-15(5-7-16)10-11-26/h1-7,13-14,17,26H,8-12H2. The third kappa shape index (κ3) is 4.12. The van der Waals surface area contributed by atoms with E-state index in [2.05, 4.69) is 30.3 Å². The largest absolute Gasteiger partial charge is 0.396 e. The Balaban J connectivity index is 1.64. The van der Waals surface area contributed by atoms with Crippen molar-refractivity contribution in [3.05, 3.63) is 82.1 Å². The molecule has 0 spiro atoms. The third-order valence-corrected chi connectivity index (χ3v) is 4.92. The van der Waals surface area contributed by atoms with Crippen molar-refractivity contribution in [2.45, 2.75) is 31.6 Å². The van der Waals surface area contributed by atoms with Gasteiger partial charge in [0, 0.05) is 40.9 Å². The lowest BCUT2D eigenvalue weighted by molar-refractivity contribution is 0.299. The summed E-state index contributed by atoms with van der Waals surface area (Å²) in [5, 5.41) is 9.74. The Bertz CT molecular complexity index is 904. The average Bonchev–Trinajstić information content (AvgIpc) is 3.49. The molecule has 132 valence electrons. The number of aliphatic hydroxyl groups is 1. The van der Waals surface area contributed by atoms with Gasteiger partial charge < -0.3 is 5.11 Å². The summed E-state index contributed by atoms with van der Waals surface area (Å²) >= 11 is 6.15. The highest BCUT2D eigenvalue weighted by Crippen LogP contribution is 2.39. The highest BCUT2D eigenvalue weighted by Gasteiger charge is 2.26. The maximum Gasteiger partial charge on any atom is 0.159 e. The van der Waals surface area contributed by atoms with Crippen LogP contribution in [0, 0.1) is 0 Å². The minimum Gasteiger partial charge on any atom is -0.396 e. The molecule has 0 amide bonds. The fourth-order valence-corrected chi connectivity index (χ4v) is 3.31. The van der Waals surface area contributed by atoms with Gasteiger partial charge in [0.2, 0.25) is 0 Å². The molecule has 0 atom stereocenters. The van der Waals surface area contributed by atoms with Crippen LogP contribution in [0.4, 0.5) is 0 Å². The lowest BCUT2D eigenvalue weighted by atomic mass is 10.0. The molecule has 1 aromatic heterocycles. The van der Waals surface area contributed by atoms with Crippen LogP contribution in [-0.2, 0) is 12.8 Å². The molecule has 0 saturated heterocycles. The van der Waals surface area contributed by atoms with Crippen molar-refractivity contribution < 1.29 is 5.11 Å². The zero-order valence-corrected chi connectivity index (χ0v) is 15.3. The van der Waals surface area contributed by atoms with E-state index in [1.165, 1.54) is 18.4 Å². The molecule has 0 unspecified atom stereocenters. The molecule has 3 aromatic rings. The highest BCUT2D eigenvalue weighted by molar-refractivity contribution is 6.30. The van der Waals surface area contributed by atoms with Crippen molar-refractivity contribution in [3.8, 4) is 11.4 Å². The number of aliphatic hydroxyl groups excluding tert-OH is 1. The highest BCUT2D eigenvalue weighted by atomic mass is 35.5. The van der Waals surface area contributed by atoms with E-state index in [1.54, 1.807) is 0 Å². The van der Waals surface area contributed by atoms with Crippen LogP contribution in [0.15, 0.2) is 54.6 Å². The fourth-order valence-electron chi connectivity index (χ4n) is 3.12. The summed E-state index contributed by atoms with van der Waals surface area (Å²) in [5.74, 6) is 1.32. The van der Waals surface area contributed by atoms with Crippen LogP contribution in [0.2, 0.25) is 5.02 Å². The second-order valence-electron chi connectivity index (χ2n) is 6.86. The second kappa shape index (κ2) is 7.56. The first kappa shape index (κ1) is 17.2. The van der Waals surface area contributed by atoms with Gasteiger partial charge in [-0.15, -0.1) is 0 Å². The summed E-state index contributed by atoms with van der Waals surface area (Å²) < 4.78 is 0. The van der Waals surface area contributed by atoms with Gasteiger partial charge in [0.25, 0.3) is 0 Å². The van der Waals surface area contributed by atoms with E-state index in [0.717, 1.165) is 34.8 Å². The summed E-state index contributed by atoms with van der Waals surface area (Å²) in [6.07, 6.45) is 3.89. The van der Waals surface area contributed by atoms with Crippen molar-refractivity contribution in [1.82, 2.24) is 9.97 Å². The molecule has 1 heterocycles. The van der Waals surface area contributed by atoms with Crippen LogP contribution in [0.1, 0.15) is 41.3 Å². The zero-order valence-electron chi connectivity index (χ0n) is 14.5. The van der Waals surface area contributed by atoms with Crippen molar-refractivity contribution in [2.24, 2.45) is 0 Å². The first-order chi connectivity index (χ1) is 12.7. The maximum atomic E-state index is 9.04. The average molecular weight is 365 g/mol. The van der Waals surface area contributed by atoms with Gasteiger partial charge in [0.1, 0.15) is 0 Å². The Morgan fingerprint density at radius 3 is 2.42 bits per heavy atom. The molecule has 1 saturated carbocycles. The Labute approximate surface area is 158 Å². The van der Waals surface area contributed by atoms with Crippen LogP contribution >= 0.6 is 11.6 Å². The maximum absolute atomic E-state index is 9.04. The molecular formula is C22H21ClN2O. The Hall–Kier alpha value is -2.23. The molecule has 4 rings (SSSR count). The Kier molecular flexibility index (Phi) is 5.00. The molecule has 0 aliphatic heterocycles. The summed E-state index contributed by atoms with van der Waals surface area (Å²) in [6.45, 7) is 0.180. The minimum atomic E-state index is 0.180. The lowest BCUT2D eigenvalue weighted by Crippen LogP contribution is -2.01. The molecule has 1 aliphatic carbocycles. The van der Waals surface area contributed by atoms with Crippen LogP contribution in [-0.4, -0.2) is 21.7 Å². The number of aromatic nitrogens is 2. The molecule has 1 aliphatic rings. The van der Waals surface area contributed by atoms with Crippen molar-refractivity contribution >= 4 is 11.6 Å². The number of rotatable bonds is 6. The number of hydrogen-bond acceptors (Lipinski definition) is 3. The number of hydrogen-bond donors (Lipinski definition) is 1. The predicted octanol–water partition coefficient (Wildman–Crippen LogP) is 4.80. The monoisotopic (exact) mass is 364 g/mol. The number of nitrogens with zero attached hydrogens (tertiary/aromatic N) is 2. The number of halogens is 1. The van der Waals surface area contributed by atoms with E-state index in [4.69, 9.17) is 26.7 Å². The summed E-state index contributed by atoms with van der Waals surface area (Å²) in [5.41, 5.74) is 5.50. The van der Waals surface area contributed by atoms with Crippen molar-refractivity contribution in [2.75, 3.05) is 6.61 Å². The SMILES string of the molecule is OCCc1ccc(Cc2cc(C3CC3)nc(-c3cccc(Cl)c3)n2)cc1. The summed E-state index contributed by atoms with van der Waals surface area (Å²) in [4.78, 5) is 9.59. The lowest BCUT2D eigenvalue weighted by Gasteiger charge is -2.09. The number of benzene rings is 2. The summed E-state index contributed by atoms with van der Waals surface area (Å²) in [6, 6.07) is 18.2. The molecule has 4 heteroatoms. The van der Waals surface area contributed by atoms with E-state index in [1.807, 2.05) is 24.3 Å². The van der Waals surface area contributed by atoms with Gasteiger partial charge in [-0.1, -0.05) is 48.0 Å². The normalized spacial score (nSPS) is 13.8. The molecule has 1 N–H and O–H groups in total. The van der Waals surface area contributed by atoms with Gasteiger partial charge >= 0.3 is 0 Å². The van der Waals surface area contributed by atoms with E-state index < -0.39 is 0 Å². The third-order valence-electron chi connectivity index (χ3n) is 4.69. The van der Waals surface area contributed by atoms with Crippen molar-refractivity contribution in [3.63, 3.8) is 0 Å². The smallest absolute Gasteiger partial charge is 0.159 e. The second-order valence-corrected chi connectivity index (χ2v) is 7.30. The minimum absolute atomic E-state index is 0.180. The summed E-state index contributed by atoms with van der Waals surface area (Å²) in [7, 11) is 0. The molecule has 2 aromatic carbocycles. The van der Waals surface area contributed by atoms with E-state index in [9.17, 15) is 0 Å². The van der Waals surface area contributed by atoms with Gasteiger partial charge in [-0.25, -0.2) is 9.97 Å². The van der Waals surface area contributed by atoms with Crippen molar-refractivity contribution in [1.29, 1.82) is 0 Å². The first-order valence-electron chi connectivity index (χ1n) is 9.04.